The third-order valence-corrected chi connectivity index (χ3v) is 4.05. The number of hydrogen-bond acceptors (Lipinski definition) is 3. The number of carbonyl (C=O) groups excluding carboxylic acids is 1. The van der Waals surface area contributed by atoms with Crippen LogP contribution < -0.4 is 10.6 Å². The Hall–Kier alpha value is -1.88. The lowest BCUT2D eigenvalue weighted by molar-refractivity contribution is -0.116. The average Bonchev–Trinajstić information content (AvgIpc) is 3.10. The van der Waals surface area contributed by atoms with Gasteiger partial charge in [-0.3, -0.25) is 9.89 Å². The SMILES string of the molecule is Cc1ccc(NC(=O)CCC2CCNC2)c2[nH]ncc12. The van der Waals surface area contributed by atoms with E-state index in [0.29, 0.717) is 12.3 Å². The van der Waals surface area contributed by atoms with Crippen LogP contribution in [0.5, 0.6) is 0 Å². The molecule has 2 heterocycles. The molecule has 5 heteroatoms. The van der Waals surface area contributed by atoms with Gasteiger partial charge in [-0.1, -0.05) is 6.07 Å². The normalized spacial score (nSPS) is 18.6. The second kappa shape index (κ2) is 5.63. The molecule has 1 aromatic carbocycles. The van der Waals surface area contributed by atoms with E-state index in [9.17, 15) is 4.79 Å². The highest BCUT2D eigenvalue weighted by atomic mass is 16.1. The predicted octanol–water partition coefficient (Wildman–Crippen LogP) is 2.20. The fourth-order valence-corrected chi connectivity index (χ4v) is 2.78. The third kappa shape index (κ3) is 2.67. The van der Waals surface area contributed by atoms with Crippen molar-refractivity contribution in [1.82, 2.24) is 15.5 Å². The van der Waals surface area contributed by atoms with Crippen LogP contribution in [0.25, 0.3) is 10.9 Å². The van der Waals surface area contributed by atoms with E-state index in [0.717, 1.165) is 41.7 Å². The van der Waals surface area contributed by atoms with Crippen molar-refractivity contribution in [3.63, 3.8) is 0 Å². The Kier molecular flexibility index (Phi) is 3.69. The Morgan fingerprint density at radius 2 is 2.40 bits per heavy atom. The molecule has 1 amide bonds. The van der Waals surface area contributed by atoms with E-state index in [1.807, 2.05) is 19.1 Å². The molecule has 3 rings (SSSR count). The molecule has 1 unspecified atom stereocenters. The molecule has 1 fully saturated rings. The van der Waals surface area contributed by atoms with E-state index in [1.54, 1.807) is 6.20 Å². The van der Waals surface area contributed by atoms with E-state index in [-0.39, 0.29) is 5.91 Å². The number of amides is 1. The fraction of sp³-hybridized carbons (Fsp3) is 0.467. The van der Waals surface area contributed by atoms with Crippen LogP contribution in [-0.4, -0.2) is 29.2 Å². The van der Waals surface area contributed by atoms with E-state index in [2.05, 4.69) is 20.8 Å². The quantitative estimate of drug-likeness (QED) is 0.799. The highest BCUT2D eigenvalue weighted by molar-refractivity contribution is 6.01. The Morgan fingerprint density at radius 1 is 1.50 bits per heavy atom. The van der Waals surface area contributed by atoms with Gasteiger partial charge in [0.25, 0.3) is 0 Å². The van der Waals surface area contributed by atoms with Gasteiger partial charge in [0.2, 0.25) is 5.91 Å². The van der Waals surface area contributed by atoms with Gasteiger partial charge < -0.3 is 10.6 Å². The molecule has 0 radical (unpaired) electrons. The summed E-state index contributed by atoms with van der Waals surface area (Å²) in [7, 11) is 0. The van der Waals surface area contributed by atoms with E-state index in [4.69, 9.17) is 0 Å². The lowest BCUT2D eigenvalue weighted by Gasteiger charge is -2.10. The van der Waals surface area contributed by atoms with Gasteiger partial charge in [0.15, 0.2) is 0 Å². The van der Waals surface area contributed by atoms with Crippen molar-refractivity contribution >= 4 is 22.5 Å². The van der Waals surface area contributed by atoms with Crippen LogP contribution in [0.4, 0.5) is 5.69 Å². The largest absolute Gasteiger partial charge is 0.324 e. The minimum Gasteiger partial charge on any atom is -0.324 e. The number of nitrogens with zero attached hydrogens (tertiary/aromatic N) is 1. The number of carbonyl (C=O) groups is 1. The van der Waals surface area contributed by atoms with Crippen molar-refractivity contribution < 1.29 is 4.79 Å². The second-order valence-corrected chi connectivity index (χ2v) is 5.53. The molecule has 0 saturated carbocycles. The molecule has 1 saturated heterocycles. The highest BCUT2D eigenvalue weighted by Gasteiger charge is 2.16. The Labute approximate surface area is 118 Å². The van der Waals surface area contributed by atoms with Crippen LogP contribution in [0.3, 0.4) is 0 Å². The fourth-order valence-electron chi connectivity index (χ4n) is 2.78. The molecule has 106 valence electrons. The number of aryl methyl sites for hydroxylation is 1. The standard InChI is InChI=1S/C15H20N4O/c1-10-2-4-13(15-12(10)9-17-19-15)18-14(20)5-3-11-6-7-16-8-11/h2,4,9,11,16H,3,5-8H2,1H3,(H,17,19)(H,18,20). The predicted molar refractivity (Wildman–Crippen MR) is 79.7 cm³/mol. The lowest BCUT2D eigenvalue weighted by Crippen LogP contribution is -2.15. The van der Waals surface area contributed by atoms with Crippen LogP contribution >= 0.6 is 0 Å². The zero-order chi connectivity index (χ0) is 13.9. The van der Waals surface area contributed by atoms with Gasteiger partial charge in [0.05, 0.1) is 17.4 Å². The molecule has 20 heavy (non-hydrogen) atoms. The molecule has 2 aromatic rings. The van der Waals surface area contributed by atoms with Crippen molar-refractivity contribution in [3.05, 3.63) is 23.9 Å². The maximum atomic E-state index is 12.1. The Balaban J connectivity index is 1.65. The molecule has 1 aliphatic rings. The Bertz CT molecular complexity index is 613. The minimum absolute atomic E-state index is 0.0802. The molecular formula is C15H20N4O. The van der Waals surface area contributed by atoms with Gasteiger partial charge in [0, 0.05) is 11.8 Å². The minimum atomic E-state index is 0.0802. The summed E-state index contributed by atoms with van der Waals surface area (Å²) in [5.41, 5.74) is 2.88. The van der Waals surface area contributed by atoms with Crippen molar-refractivity contribution in [1.29, 1.82) is 0 Å². The van der Waals surface area contributed by atoms with Crippen LogP contribution in [0.15, 0.2) is 18.3 Å². The maximum Gasteiger partial charge on any atom is 0.224 e. The first kappa shape index (κ1) is 13.1. The summed E-state index contributed by atoms with van der Waals surface area (Å²) in [5.74, 6) is 0.725. The van der Waals surface area contributed by atoms with Crippen LogP contribution in [0.1, 0.15) is 24.8 Å². The Morgan fingerprint density at radius 3 is 3.20 bits per heavy atom. The van der Waals surface area contributed by atoms with E-state index in [1.165, 1.54) is 6.42 Å². The number of aromatic nitrogens is 2. The van der Waals surface area contributed by atoms with Crippen molar-refractivity contribution in [3.8, 4) is 0 Å². The zero-order valence-electron chi connectivity index (χ0n) is 11.7. The van der Waals surface area contributed by atoms with Gasteiger partial charge >= 0.3 is 0 Å². The van der Waals surface area contributed by atoms with Gasteiger partial charge in [-0.25, -0.2) is 0 Å². The van der Waals surface area contributed by atoms with E-state index < -0.39 is 0 Å². The summed E-state index contributed by atoms with van der Waals surface area (Å²) in [5, 5.41) is 14.4. The first-order valence-corrected chi connectivity index (χ1v) is 7.17. The number of nitrogens with one attached hydrogen (secondary N) is 3. The van der Waals surface area contributed by atoms with Gasteiger partial charge in [-0.2, -0.15) is 5.10 Å². The third-order valence-electron chi connectivity index (χ3n) is 4.05. The van der Waals surface area contributed by atoms with Crippen LogP contribution in [0.2, 0.25) is 0 Å². The number of rotatable bonds is 4. The van der Waals surface area contributed by atoms with Gasteiger partial charge in [0.1, 0.15) is 0 Å². The van der Waals surface area contributed by atoms with Crippen molar-refractivity contribution in [2.45, 2.75) is 26.2 Å². The summed E-state index contributed by atoms with van der Waals surface area (Å²) >= 11 is 0. The van der Waals surface area contributed by atoms with Crippen molar-refractivity contribution in [2.24, 2.45) is 5.92 Å². The second-order valence-electron chi connectivity index (χ2n) is 5.53. The molecule has 1 aliphatic heterocycles. The van der Waals surface area contributed by atoms with Gasteiger partial charge in [-0.05, 0) is 50.4 Å². The highest BCUT2D eigenvalue weighted by Crippen LogP contribution is 2.24. The number of H-pyrrole nitrogens is 1. The van der Waals surface area contributed by atoms with Gasteiger partial charge in [-0.15, -0.1) is 0 Å². The smallest absolute Gasteiger partial charge is 0.224 e. The van der Waals surface area contributed by atoms with Crippen molar-refractivity contribution in [2.75, 3.05) is 18.4 Å². The summed E-state index contributed by atoms with van der Waals surface area (Å²) < 4.78 is 0. The number of fused-ring (bicyclic) bond motifs is 1. The molecule has 0 aliphatic carbocycles. The zero-order valence-corrected chi connectivity index (χ0v) is 11.7. The monoisotopic (exact) mass is 272 g/mol. The van der Waals surface area contributed by atoms with Crippen LogP contribution in [-0.2, 0) is 4.79 Å². The average molecular weight is 272 g/mol. The molecular weight excluding hydrogens is 252 g/mol. The molecule has 3 N–H and O–H groups in total. The number of benzene rings is 1. The van der Waals surface area contributed by atoms with Crippen LogP contribution in [0, 0.1) is 12.8 Å². The number of anilines is 1. The molecule has 0 spiro atoms. The molecule has 5 nitrogen and oxygen atoms in total. The summed E-state index contributed by atoms with van der Waals surface area (Å²) in [6, 6.07) is 3.94. The molecule has 1 aromatic heterocycles. The first-order valence-electron chi connectivity index (χ1n) is 7.17. The summed E-state index contributed by atoms with van der Waals surface area (Å²) in [6.45, 7) is 4.16. The summed E-state index contributed by atoms with van der Waals surface area (Å²) in [6.07, 6.45) is 4.51. The van der Waals surface area contributed by atoms with E-state index >= 15 is 0 Å². The number of hydrogen-bond donors (Lipinski definition) is 3. The first-order chi connectivity index (χ1) is 9.74. The topological polar surface area (TPSA) is 69.8 Å². The molecule has 0 bridgehead atoms. The maximum absolute atomic E-state index is 12.1. The molecule has 1 atom stereocenters. The number of aromatic amines is 1. The summed E-state index contributed by atoms with van der Waals surface area (Å²) in [4.78, 5) is 12.1. The lowest BCUT2D eigenvalue weighted by atomic mass is 10.0.